The summed E-state index contributed by atoms with van der Waals surface area (Å²) >= 11 is 0. The van der Waals surface area contributed by atoms with E-state index in [0.717, 1.165) is 19.3 Å². The maximum Gasteiger partial charge on any atom is 0.322 e. The topological polar surface area (TPSA) is 66.4 Å². The lowest BCUT2D eigenvalue weighted by atomic mass is 9.42. The highest BCUT2D eigenvalue weighted by Crippen LogP contribution is 2.65. The van der Waals surface area contributed by atoms with Crippen LogP contribution in [-0.4, -0.2) is 23.5 Å². The first kappa shape index (κ1) is 15.7. The van der Waals surface area contributed by atoms with Crippen molar-refractivity contribution in [2.24, 2.45) is 17.3 Å². The highest BCUT2D eigenvalue weighted by molar-refractivity contribution is 5.86. The smallest absolute Gasteiger partial charge is 0.322 e. The van der Waals surface area contributed by atoms with Crippen LogP contribution in [0.5, 0.6) is 0 Å². The van der Waals surface area contributed by atoms with Gasteiger partial charge in [-0.05, 0) is 68.3 Å². The predicted octanol–water partition coefficient (Wildman–Crippen LogP) is 3.03. The fourth-order valence-electron chi connectivity index (χ4n) is 6.12. The molecule has 0 spiro atoms. The number of aryl methyl sites for hydroxylation is 1. The standard InChI is InChI=1S/C20H25NO3/c1-13-2-4-16(5-3-13)19-7-14-6-15(8-19)10-20(9-14,12-19)18(24)21-11-17(22)23/h2-5,14-15H,6-12H2,1H3,(H,21,24)(H,22,23)/t14-,15-,19?,20?/m0/s1. The second-order valence-corrected chi connectivity index (χ2v) is 8.46. The lowest BCUT2D eigenvalue weighted by Crippen LogP contribution is -2.59. The Morgan fingerprint density at radius 1 is 1.12 bits per heavy atom. The van der Waals surface area contributed by atoms with Crippen LogP contribution in [0.1, 0.15) is 49.7 Å². The van der Waals surface area contributed by atoms with Crippen LogP contribution in [0.15, 0.2) is 24.3 Å². The average Bonchev–Trinajstić information content (AvgIpc) is 2.51. The Morgan fingerprint density at radius 3 is 2.33 bits per heavy atom. The van der Waals surface area contributed by atoms with Crippen LogP contribution in [0.25, 0.3) is 0 Å². The van der Waals surface area contributed by atoms with Crippen molar-refractivity contribution in [2.75, 3.05) is 6.54 Å². The summed E-state index contributed by atoms with van der Waals surface area (Å²) in [5.74, 6) is 0.197. The van der Waals surface area contributed by atoms with Crippen LogP contribution in [0.4, 0.5) is 0 Å². The van der Waals surface area contributed by atoms with Crippen molar-refractivity contribution in [1.82, 2.24) is 5.32 Å². The van der Waals surface area contributed by atoms with Gasteiger partial charge in [0.1, 0.15) is 6.54 Å². The van der Waals surface area contributed by atoms with E-state index in [-0.39, 0.29) is 23.3 Å². The summed E-state index contributed by atoms with van der Waals surface area (Å²) < 4.78 is 0. The number of amides is 1. The van der Waals surface area contributed by atoms with Gasteiger partial charge >= 0.3 is 5.97 Å². The second-order valence-electron chi connectivity index (χ2n) is 8.46. The van der Waals surface area contributed by atoms with E-state index < -0.39 is 5.97 Å². The maximum absolute atomic E-state index is 12.9. The van der Waals surface area contributed by atoms with Crippen molar-refractivity contribution in [2.45, 2.75) is 50.9 Å². The first-order chi connectivity index (χ1) is 11.4. The van der Waals surface area contributed by atoms with E-state index in [1.807, 2.05) is 0 Å². The number of hydrogen-bond acceptors (Lipinski definition) is 2. The summed E-state index contributed by atoms with van der Waals surface area (Å²) in [5.41, 5.74) is 2.39. The third-order valence-electron chi connectivity index (χ3n) is 6.61. The van der Waals surface area contributed by atoms with Crippen molar-refractivity contribution in [1.29, 1.82) is 0 Å². The molecule has 4 heteroatoms. The fraction of sp³-hybridized carbons (Fsp3) is 0.600. The van der Waals surface area contributed by atoms with Crippen LogP contribution >= 0.6 is 0 Å². The zero-order valence-electron chi connectivity index (χ0n) is 14.2. The van der Waals surface area contributed by atoms with Crippen molar-refractivity contribution < 1.29 is 14.7 Å². The van der Waals surface area contributed by atoms with Gasteiger partial charge in [-0.2, -0.15) is 0 Å². The summed E-state index contributed by atoms with van der Waals surface area (Å²) in [6, 6.07) is 8.83. The SMILES string of the molecule is Cc1ccc(C23C[C@@H]4C[C@H](CC(C(=O)NCC(=O)O)(C4)C2)C3)cc1. The number of carbonyl (C=O) groups is 2. The molecule has 0 aromatic heterocycles. The van der Waals surface area contributed by atoms with Crippen molar-refractivity contribution >= 4 is 11.9 Å². The molecule has 0 unspecified atom stereocenters. The molecule has 128 valence electrons. The zero-order valence-corrected chi connectivity index (χ0v) is 14.2. The fourth-order valence-corrected chi connectivity index (χ4v) is 6.12. The van der Waals surface area contributed by atoms with Gasteiger partial charge in [0.15, 0.2) is 0 Å². The minimum Gasteiger partial charge on any atom is -0.480 e. The van der Waals surface area contributed by atoms with Gasteiger partial charge in [0.2, 0.25) is 5.91 Å². The predicted molar refractivity (Wildman–Crippen MR) is 90.6 cm³/mol. The summed E-state index contributed by atoms with van der Waals surface area (Å²) in [7, 11) is 0. The Balaban J connectivity index is 1.65. The van der Waals surface area contributed by atoms with Crippen LogP contribution in [-0.2, 0) is 15.0 Å². The average molecular weight is 327 g/mol. The van der Waals surface area contributed by atoms with Crippen molar-refractivity contribution in [3.63, 3.8) is 0 Å². The normalized spacial score (nSPS) is 36.5. The first-order valence-corrected chi connectivity index (χ1v) is 8.98. The minimum absolute atomic E-state index is 0.0320. The van der Waals surface area contributed by atoms with Gasteiger partial charge < -0.3 is 10.4 Å². The Hall–Kier alpha value is -1.84. The minimum atomic E-state index is -0.971. The molecule has 0 radical (unpaired) electrons. The highest BCUT2D eigenvalue weighted by Gasteiger charge is 2.60. The summed E-state index contributed by atoms with van der Waals surface area (Å²) in [5, 5.41) is 11.6. The summed E-state index contributed by atoms with van der Waals surface area (Å²) in [6.45, 7) is 1.83. The Kier molecular flexibility index (Phi) is 3.48. The van der Waals surface area contributed by atoms with Crippen molar-refractivity contribution in [3.8, 4) is 0 Å². The number of carboxylic acids is 1. The van der Waals surface area contributed by atoms with Gasteiger partial charge in [0.05, 0.1) is 5.41 Å². The zero-order chi connectivity index (χ0) is 16.9. The van der Waals surface area contributed by atoms with Crippen LogP contribution in [0.2, 0.25) is 0 Å². The number of nitrogens with one attached hydrogen (secondary N) is 1. The van der Waals surface area contributed by atoms with Gasteiger partial charge in [-0.3, -0.25) is 9.59 Å². The second kappa shape index (κ2) is 5.33. The number of rotatable bonds is 4. The molecule has 1 aromatic carbocycles. The lowest BCUT2D eigenvalue weighted by Gasteiger charge is -2.61. The molecule has 4 aliphatic rings. The molecule has 2 atom stereocenters. The molecular formula is C20H25NO3. The molecule has 4 saturated carbocycles. The van der Waals surface area contributed by atoms with Gasteiger partial charge in [0.25, 0.3) is 0 Å². The molecule has 0 heterocycles. The van der Waals surface area contributed by atoms with E-state index in [2.05, 4.69) is 36.5 Å². The molecular weight excluding hydrogens is 302 g/mol. The third kappa shape index (κ3) is 2.43. The van der Waals surface area contributed by atoms with Crippen LogP contribution in [0.3, 0.4) is 0 Å². The lowest BCUT2D eigenvalue weighted by molar-refractivity contribution is -0.151. The third-order valence-corrected chi connectivity index (χ3v) is 6.61. The van der Waals surface area contributed by atoms with E-state index in [4.69, 9.17) is 5.11 Å². The quantitative estimate of drug-likeness (QED) is 0.893. The highest BCUT2D eigenvalue weighted by atomic mass is 16.4. The van der Waals surface area contributed by atoms with Crippen LogP contribution < -0.4 is 5.32 Å². The number of benzene rings is 1. The maximum atomic E-state index is 12.9. The van der Waals surface area contributed by atoms with E-state index in [9.17, 15) is 9.59 Å². The van der Waals surface area contributed by atoms with Gasteiger partial charge in [0, 0.05) is 0 Å². The molecule has 4 fully saturated rings. The van der Waals surface area contributed by atoms with E-state index in [0.29, 0.717) is 11.8 Å². The molecule has 5 rings (SSSR count). The Labute approximate surface area is 142 Å². The van der Waals surface area contributed by atoms with Gasteiger partial charge in [-0.25, -0.2) is 0 Å². The van der Waals surface area contributed by atoms with E-state index in [1.54, 1.807) is 0 Å². The molecule has 24 heavy (non-hydrogen) atoms. The van der Waals surface area contributed by atoms with Gasteiger partial charge in [-0.15, -0.1) is 0 Å². The first-order valence-electron chi connectivity index (χ1n) is 8.98. The molecule has 0 saturated heterocycles. The molecule has 1 amide bonds. The molecule has 4 aliphatic carbocycles. The van der Waals surface area contributed by atoms with E-state index >= 15 is 0 Å². The molecule has 0 aliphatic heterocycles. The summed E-state index contributed by atoms with van der Waals surface area (Å²) in [6.07, 6.45) is 6.34. The van der Waals surface area contributed by atoms with E-state index in [1.165, 1.54) is 30.4 Å². The Morgan fingerprint density at radius 2 is 1.75 bits per heavy atom. The molecule has 2 N–H and O–H groups in total. The number of carbonyl (C=O) groups excluding carboxylic acids is 1. The largest absolute Gasteiger partial charge is 0.480 e. The molecule has 4 bridgehead atoms. The number of aliphatic carboxylic acids is 1. The van der Waals surface area contributed by atoms with Gasteiger partial charge in [-0.1, -0.05) is 29.8 Å². The molecule has 1 aromatic rings. The monoisotopic (exact) mass is 327 g/mol. The summed E-state index contributed by atoms with van der Waals surface area (Å²) in [4.78, 5) is 23.7. The van der Waals surface area contributed by atoms with Crippen molar-refractivity contribution in [3.05, 3.63) is 35.4 Å². The Bertz CT molecular complexity index is 665. The van der Waals surface area contributed by atoms with Crippen LogP contribution in [0, 0.1) is 24.2 Å². The number of carboxylic acid groups (broad SMARTS) is 1. The molecule has 4 nitrogen and oxygen atoms in total. The number of hydrogen-bond donors (Lipinski definition) is 2.